The Morgan fingerprint density at radius 2 is 1.74 bits per heavy atom. The van der Waals surface area contributed by atoms with Gasteiger partial charge in [-0.2, -0.15) is 4.31 Å². The maximum Gasteiger partial charge on any atom is 0.243 e. The van der Waals surface area contributed by atoms with Crippen LogP contribution in [0.3, 0.4) is 0 Å². The normalized spacial score (nSPS) is 17.2. The van der Waals surface area contributed by atoms with Gasteiger partial charge in [0.05, 0.1) is 18.6 Å². The lowest BCUT2D eigenvalue weighted by molar-refractivity contribution is -0.118. The molecule has 0 bridgehead atoms. The number of carbonyl (C=O) groups excluding carboxylic acids is 1. The molecule has 0 aromatic heterocycles. The number of rotatable bonds is 5. The van der Waals surface area contributed by atoms with Crippen molar-refractivity contribution in [2.75, 3.05) is 39.8 Å². The Labute approximate surface area is 138 Å². The Hall–Kier alpha value is -1.44. The van der Waals surface area contributed by atoms with E-state index in [1.807, 2.05) is 11.8 Å². The maximum absolute atomic E-state index is 12.9. The van der Waals surface area contributed by atoms with Crippen LogP contribution in [0, 0.1) is 13.8 Å². The van der Waals surface area contributed by atoms with Crippen LogP contribution in [0.25, 0.3) is 0 Å². The van der Waals surface area contributed by atoms with Gasteiger partial charge in [0, 0.05) is 26.2 Å². The predicted molar refractivity (Wildman–Crippen MR) is 88.3 cm³/mol. The van der Waals surface area contributed by atoms with E-state index in [9.17, 15) is 13.2 Å². The molecule has 23 heavy (non-hydrogen) atoms. The first kappa shape index (κ1) is 17.9. The van der Waals surface area contributed by atoms with Gasteiger partial charge in [-0.1, -0.05) is 0 Å². The summed E-state index contributed by atoms with van der Waals surface area (Å²) in [6.45, 7) is 7.50. The lowest BCUT2D eigenvalue weighted by Crippen LogP contribution is -2.49. The number of carbonyl (C=O) groups is 1. The van der Waals surface area contributed by atoms with E-state index in [4.69, 9.17) is 4.74 Å². The molecule has 1 aromatic rings. The topological polar surface area (TPSA) is 66.9 Å². The average Bonchev–Trinajstić information content (AvgIpc) is 2.49. The van der Waals surface area contributed by atoms with Crippen LogP contribution in [0.4, 0.5) is 0 Å². The second kappa shape index (κ2) is 6.98. The van der Waals surface area contributed by atoms with Gasteiger partial charge in [0.25, 0.3) is 0 Å². The monoisotopic (exact) mass is 340 g/mol. The molecule has 0 amide bonds. The first-order valence-electron chi connectivity index (χ1n) is 7.63. The van der Waals surface area contributed by atoms with Crippen LogP contribution in [0.5, 0.6) is 5.75 Å². The minimum absolute atomic E-state index is 0.0999. The summed E-state index contributed by atoms with van der Waals surface area (Å²) >= 11 is 0. The Balaban J connectivity index is 2.20. The molecule has 6 nitrogen and oxygen atoms in total. The summed E-state index contributed by atoms with van der Waals surface area (Å²) in [5.41, 5.74) is 1.48. The summed E-state index contributed by atoms with van der Waals surface area (Å²) in [7, 11) is -1.95. The third kappa shape index (κ3) is 3.91. The van der Waals surface area contributed by atoms with Gasteiger partial charge in [-0.3, -0.25) is 9.69 Å². The summed E-state index contributed by atoms with van der Waals surface area (Å²) in [6.07, 6.45) is 0. The molecule has 0 radical (unpaired) electrons. The van der Waals surface area contributed by atoms with E-state index in [1.165, 1.54) is 4.31 Å². The van der Waals surface area contributed by atoms with Gasteiger partial charge in [0.1, 0.15) is 11.5 Å². The number of methoxy groups -OCH3 is 1. The third-order valence-electron chi connectivity index (χ3n) is 4.09. The molecule has 2 rings (SSSR count). The lowest BCUT2D eigenvalue weighted by atomic mass is 10.1. The number of benzene rings is 1. The zero-order valence-electron chi connectivity index (χ0n) is 14.1. The molecule has 128 valence electrons. The molecule has 0 atom stereocenters. The number of sulfonamides is 1. The van der Waals surface area contributed by atoms with E-state index in [-0.39, 0.29) is 5.78 Å². The average molecular weight is 340 g/mol. The van der Waals surface area contributed by atoms with Crippen molar-refractivity contribution in [1.82, 2.24) is 9.21 Å². The van der Waals surface area contributed by atoms with Crippen molar-refractivity contribution < 1.29 is 17.9 Å². The molecule has 1 aliphatic rings. The van der Waals surface area contributed by atoms with Crippen LogP contribution in [0.2, 0.25) is 0 Å². The zero-order chi connectivity index (χ0) is 17.2. The molecule has 0 unspecified atom stereocenters. The van der Waals surface area contributed by atoms with Crippen molar-refractivity contribution in [1.29, 1.82) is 0 Å². The van der Waals surface area contributed by atoms with Gasteiger partial charge < -0.3 is 4.74 Å². The summed E-state index contributed by atoms with van der Waals surface area (Å²) < 4.78 is 32.5. The van der Waals surface area contributed by atoms with Crippen molar-refractivity contribution in [2.45, 2.75) is 25.7 Å². The predicted octanol–water partition coefficient (Wildman–Crippen LogP) is 1.21. The highest BCUT2D eigenvalue weighted by atomic mass is 32.2. The minimum Gasteiger partial charge on any atom is -0.496 e. The summed E-state index contributed by atoms with van der Waals surface area (Å²) in [5, 5.41) is 0. The smallest absolute Gasteiger partial charge is 0.243 e. The molecule has 1 aromatic carbocycles. The Morgan fingerprint density at radius 3 is 2.26 bits per heavy atom. The van der Waals surface area contributed by atoms with E-state index in [2.05, 4.69) is 0 Å². The second-order valence-electron chi connectivity index (χ2n) is 5.97. The van der Waals surface area contributed by atoms with E-state index in [1.54, 1.807) is 33.1 Å². The summed E-state index contributed by atoms with van der Waals surface area (Å²) in [6, 6.07) is 3.43. The molecule has 0 aliphatic carbocycles. The Bertz CT molecular complexity index is 692. The Kier molecular flexibility index (Phi) is 5.44. The fourth-order valence-electron chi connectivity index (χ4n) is 2.84. The molecule has 0 N–H and O–H groups in total. The molecular formula is C16H24N2O4S. The Morgan fingerprint density at radius 1 is 1.13 bits per heavy atom. The van der Waals surface area contributed by atoms with Crippen LogP contribution in [0.15, 0.2) is 17.0 Å². The van der Waals surface area contributed by atoms with Crippen molar-refractivity contribution in [3.8, 4) is 5.75 Å². The van der Waals surface area contributed by atoms with E-state index < -0.39 is 10.0 Å². The second-order valence-corrected chi connectivity index (χ2v) is 7.88. The van der Waals surface area contributed by atoms with Gasteiger partial charge in [-0.15, -0.1) is 0 Å². The van der Waals surface area contributed by atoms with E-state index >= 15 is 0 Å². The minimum atomic E-state index is -3.53. The standard InChI is InChI=1S/C16H24N2O4S/c1-12-10-16(13(2)9-15(12)22-4)23(20,21)18-7-5-17(6-8-18)11-14(3)19/h9-10H,5-8,11H2,1-4H3. The molecule has 1 heterocycles. The number of nitrogens with zero attached hydrogens (tertiary/aromatic N) is 2. The molecule has 7 heteroatoms. The number of piperazine rings is 1. The van der Waals surface area contributed by atoms with Crippen molar-refractivity contribution >= 4 is 15.8 Å². The van der Waals surface area contributed by atoms with Crippen molar-refractivity contribution in [3.63, 3.8) is 0 Å². The highest BCUT2D eigenvalue weighted by molar-refractivity contribution is 7.89. The lowest BCUT2D eigenvalue weighted by Gasteiger charge is -2.33. The fraction of sp³-hybridized carbons (Fsp3) is 0.562. The number of ether oxygens (including phenoxy) is 1. The van der Waals surface area contributed by atoms with Crippen LogP contribution in [-0.4, -0.2) is 63.2 Å². The SMILES string of the molecule is COc1cc(C)c(S(=O)(=O)N2CCN(CC(C)=O)CC2)cc1C. The highest BCUT2D eigenvalue weighted by Gasteiger charge is 2.30. The number of Topliss-reactive ketones (excluding diaryl/α,β-unsaturated/α-hetero) is 1. The van der Waals surface area contributed by atoms with Gasteiger partial charge in [0.2, 0.25) is 10.0 Å². The van der Waals surface area contributed by atoms with Crippen LogP contribution >= 0.6 is 0 Å². The fourth-order valence-corrected chi connectivity index (χ4v) is 4.56. The third-order valence-corrected chi connectivity index (χ3v) is 6.13. The number of hydrogen-bond acceptors (Lipinski definition) is 5. The molecule has 1 aliphatic heterocycles. The first-order chi connectivity index (χ1) is 10.8. The zero-order valence-corrected chi connectivity index (χ0v) is 14.9. The quantitative estimate of drug-likeness (QED) is 0.806. The van der Waals surface area contributed by atoms with Crippen LogP contribution < -0.4 is 4.74 Å². The van der Waals surface area contributed by atoms with Crippen molar-refractivity contribution in [2.24, 2.45) is 0 Å². The maximum atomic E-state index is 12.9. The highest BCUT2D eigenvalue weighted by Crippen LogP contribution is 2.28. The van der Waals surface area contributed by atoms with E-state index in [0.29, 0.717) is 48.9 Å². The van der Waals surface area contributed by atoms with Crippen LogP contribution in [-0.2, 0) is 14.8 Å². The first-order valence-corrected chi connectivity index (χ1v) is 9.07. The van der Waals surface area contributed by atoms with E-state index in [0.717, 1.165) is 5.56 Å². The number of ketones is 1. The van der Waals surface area contributed by atoms with Gasteiger partial charge in [-0.05, 0) is 44.0 Å². The summed E-state index contributed by atoms with van der Waals surface area (Å²) in [5.74, 6) is 0.788. The van der Waals surface area contributed by atoms with Crippen molar-refractivity contribution in [3.05, 3.63) is 23.3 Å². The van der Waals surface area contributed by atoms with Gasteiger partial charge in [0.15, 0.2) is 0 Å². The molecule has 0 saturated carbocycles. The molecule has 0 spiro atoms. The van der Waals surface area contributed by atoms with Gasteiger partial charge in [-0.25, -0.2) is 8.42 Å². The van der Waals surface area contributed by atoms with Crippen LogP contribution in [0.1, 0.15) is 18.1 Å². The molecule has 1 saturated heterocycles. The largest absolute Gasteiger partial charge is 0.496 e. The number of hydrogen-bond donors (Lipinski definition) is 0. The van der Waals surface area contributed by atoms with Gasteiger partial charge >= 0.3 is 0 Å². The molecular weight excluding hydrogens is 316 g/mol. The molecule has 1 fully saturated rings. The summed E-state index contributed by atoms with van der Waals surface area (Å²) in [4.78, 5) is 13.5. The number of aryl methyl sites for hydroxylation is 2.